The summed E-state index contributed by atoms with van der Waals surface area (Å²) in [6.07, 6.45) is 5.08. The average Bonchev–Trinajstić information content (AvgIpc) is 2.30. The predicted molar refractivity (Wildman–Crippen MR) is 62.3 cm³/mol. The largest absolute Gasteiger partial charge is 0.481 e. The zero-order chi connectivity index (χ0) is 12.3. The highest BCUT2D eigenvalue weighted by atomic mass is 16.4. The zero-order valence-electron chi connectivity index (χ0n) is 9.96. The molecule has 0 aromatic carbocycles. The minimum Gasteiger partial charge on any atom is -0.481 e. The SMILES string of the molecule is CC1(C(=O)O)CCCN(Cc2ncccn2)C1. The first-order valence-electron chi connectivity index (χ1n) is 5.82. The molecule has 5 heteroatoms. The van der Waals surface area contributed by atoms with Crippen molar-refractivity contribution >= 4 is 5.97 Å². The van der Waals surface area contributed by atoms with Gasteiger partial charge in [0, 0.05) is 18.9 Å². The van der Waals surface area contributed by atoms with Crippen LogP contribution in [0.15, 0.2) is 18.5 Å². The number of hydrogen-bond donors (Lipinski definition) is 1. The third-order valence-electron chi connectivity index (χ3n) is 3.28. The third kappa shape index (κ3) is 2.79. The summed E-state index contributed by atoms with van der Waals surface area (Å²) >= 11 is 0. The number of aromatic nitrogens is 2. The topological polar surface area (TPSA) is 66.3 Å². The van der Waals surface area contributed by atoms with Gasteiger partial charge < -0.3 is 5.11 Å². The van der Waals surface area contributed by atoms with Crippen LogP contribution in [0.5, 0.6) is 0 Å². The first-order valence-corrected chi connectivity index (χ1v) is 5.82. The van der Waals surface area contributed by atoms with Crippen molar-refractivity contribution in [2.45, 2.75) is 26.3 Å². The molecule has 0 spiro atoms. The number of hydrogen-bond acceptors (Lipinski definition) is 4. The lowest BCUT2D eigenvalue weighted by atomic mass is 9.82. The molecule has 1 aromatic rings. The Morgan fingerprint density at radius 2 is 2.24 bits per heavy atom. The fourth-order valence-electron chi connectivity index (χ4n) is 2.27. The van der Waals surface area contributed by atoms with Gasteiger partial charge in [0.1, 0.15) is 5.82 Å². The molecule has 17 heavy (non-hydrogen) atoms. The standard InChI is InChI=1S/C12H17N3O2/c1-12(11(16)17)4-2-7-15(9-12)8-10-13-5-3-6-14-10/h3,5-6H,2,4,7-9H2,1H3,(H,16,17). The smallest absolute Gasteiger partial charge is 0.310 e. The highest BCUT2D eigenvalue weighted by Gasteiger charge is 2.37. The third-order valence-corrected chi connectivity index (χ3v) is 3.28. The Morgan fingerprint density at radius 1 is 1.53 bits per heavy atom. The van der Waals surface area contributed by atoms with Crippen LogP contribution < -0.4 is 0 Å². The molecule has 1 saturated heterocycles. The molecular weight excluding hydrogens is 218 g/mol. The molecule has 5 nitrogen and oxygen atoms in total. The Bertz CT molecular complexity index is 396. The molecule has 0 aliphatic carbocycles. The first-order chi connectivity index (χ1) is 8.10. The van der Waals surface area contributed by atoms with Crippen molar-refractivity contribution in [1.29, 1.82) is 0 Å². The summed E-state index contributed by atoms with van der Waals surface area (Å²) in [4.78, 5) is 21.7. The number of likely N-dealkylation sites (tertiary alicyclic amines) is 1. The molecular formula is C12H17N3O2. The quantitative estimate of drug-likeness (QED) is 0.851. The Labute approximate surface area is 100 Å². The van der Waals surface area contributed by atoms with E-state index in [1.807, 2.05) is 6.92 Å². The summed E-state index contributed by atoms with van der Waals surface area (Å²) in [5, 5.41) is 9.22. The van der Waals surface area contributed by atoms with E-state index < -0.39 is 11.4 Å². The normalized spacial score (nSPS) is 25.7. The van der Waals surface area contributed by atoms with Gasteiger partial charge in [-0.3, -0.25) is 9.69 Å². The summed E-state index contributed by atoms with van der Waals surface area (Å²) in [5.41, 5.74) is -0.632. The molecule has 0 radical (unpaired) electrons. The summed E-state index contributed by atoms with van der Waals surface area (Å²) in [7, 11) is 0. The van der Waals surface area contributed by atoms with Gasteiger partial charge >= 0.3 is 5.97 Å². The second-order valence-corrected chi connectivity index (χ2v) is 4.85. The summed E-state index contributed by atoms with van der Waals surface area (Å²) in [6, 6.07) is 1.78. The molecule has 1 aromatic heterocycles. The van der Waals surface area contributed by atoms with Crippen molar-refractivity contribution in [2.24, 2.45) is 5.41 Å². The molecule has 0 bridgehead atoms. The minimum absolute atomic E-state index is 0.570. The molecule has 0 amide bonds. The fourth-order valence-corrected chi connectivity index (χ4v) is 2.27. The fraction of sp³-hybridized carbons (Fsp3) is 0.583. The van der Waals surface area contributed by atoms with Gasteiger partial charge in [0.2, 0.25) is 0 Å². The molecule has 1 unspecified atom stereocenters. The predicted octanol–water partition coefficient (Wildman–Crippen LogP) is 1.16. The van der Waals surface area contributed by atoms with Crippen LogP contribution in [0.2, 0.25) is 0 Å². The van der Waals surface area contributed by atoms with Gasteiger partial charge in [-0.25, -0.2) is 9.97 Å². The Balaban J connectivity index is 2.01. The van der Waals surface area contributed by atoms with Crippen LogP contribution in [-0.4, -0.2) is 39.0 Å². The van der Waals surface area contributed by atoms with Crippen molar-refractivity contribution in [3.05, 3.63) is 24.3 Å². The van der Waals surface area contributed by atoms with E-state index in [0.717, 1.165) is 25.2 Å². The second kappa shape index (κ2) is 4.79. The molecule has 92 valence electrons. The van der Waals surface area contributed by atoms with E-state index in [-0.39, 0.29) is 0 Å². The average molecular weight is 235 g/mol. The molecule has 0 saturated carbocycles. The Kier molecular flexibility index (Phi) is 3.38. The maximum absolute atomic E-state index is 11.2. The number of carboxylic acids is 1. The van der Waals surface area contributed by atoms with Crippen molar-refractivity contribution < 1.29 is 9.90 Å². The maximum atomic E-state index is 11.2. The van der Waals surface area contributed by atoms with Gasteiger partial charge in [-0.1, -0.05) is 0 Å². The van der Waals surface area contributed by atoms with Crippen LogP contribution in [0.4, 0.5) is 0 Å². The number of nitrogens with zero attached hydrogens (tertiary/aromatic N) is 3. The lowest BCUT2D eigenvalue weighted by Gasteiger charge is -2.37. The van der Waals surface area contributed by atoms with Crippen LogP contribution in [-0.2, 0) is 11.3 Å². The monoisotopic (exact) mass is 235 g/mol. The second-order valence-electron chi connectivity index (χ2n) is 4.85. The highest BCUT2D eigenvalue weighted by Crippen LogP contribution is 2.30. The number of carbonyl (C=O) groups is 1. The van der Waals surface area contributed by atoms with Gasteiger partial charge in [0.15, 0.2) is 0 Å². The summed E-state index contributed by atoms with van der Waals surface area (Å²) in [5.74, 6) is 0.0401. The Morgan fingerprint density at radius 3 is 2.88 bits per heavy atom. The van der Waals surface area contributed by atoms with Crippen molar-refractivity contribution in [3.63, 3.8) is 0 Å². The van der Waals surface area contributed by atoms with Crippen LogP contribution in [0.3, 0.4) is 0 Å². The van der Waals surface area contributed by atoms with Gasteiger partial charge in [-0.05, 0) is 32.4 Å². The lowest BCUT2D eigenvalue weighted by molar-refractivity contribution is -0.151. The molecule has 1 fully saturated rings. The lowest BCUT2D eigenvalue weighted by Crippen LogP contribution is -2.45. The summed E-state index contributed by atoms with van der Waals surface area (Å²) < 4.78 is 0. The molecule has 2 rings (SSSR count). The molecule has 1 aliphatic rings. The summed E-state index contributed by atoms with van der Waals surface area (Å²) in [6.45, 7) is 3.93. The van der Waals surface area contributed by atoms with Crippen molar-refractivity contribution in [2.75, 3.05) is 13.1 Å². The highest BCUT2D eigenvalue weighted by molar-refractivity contribution is 5.74. The van der Waals surface area contributed by atoms with E-state index >= 15 is 0 Å². The van der Waals surface area contributed by atoms with Crippen LogP contribution in [0, 0.1) is 5.41 Å². The van der Waals surface area contributed by atoms with Crippen molar-refractivity contribution in [3.8, 4) is 0 Å². The van der Waals surface area contributed by atoms with E-state index in [4.69, 9.17) is 0 Å². The molecule has 1 N–H and O–H groups in total. The number of piperidine rings is 1. The van der Waals surface area contributed by atoms with E-state index in [1.165, 1.54) is 0 Å². The zero-order valence-corrected chi connectivity index (χ0v) is 9.96. The first kappa shape index (κ1) is 12.0. The number of carboxylic acid groups (broad SMARTS) is 1. The molecule has 1 aliphatic heterocycles. The van der Waals surface area contributed by atoms with E-state index in [9.17, 15) is 9.90 Å². The Hall–Kier alpha value is -1.49. The number of rotatable bonds is 3. The van der Waals surface area contributed by atoms with Crippen molar-refractivity contribution in [1.82, 2.24) is 14.9 Å². The van der Waals surface area contributed by atoms with E-state index in [1.54, 1.807) is 18.5 Å². The molecule has 1 atom stereocenters. The van der Waals surface area contributed by atoms with Gasteiger partial charge in [0.25, 0.3) is 0 Å². The van der Waals surface area contributed by atoms with Gasteiger partial charge in [-0.2, -0.15) is 0 Å². The molecule has 2 heterocycles. The van der Waals surface area contributed by atoms with E-state index in [2.05, 4.69) is 14.9 Å². The van der Waals surface area contributed by atoms with Crippen LogP contribution in [0.1, 0.15) is 25.6 Å². The minimum atomic E-state index is -0.712. The van der Waals surface area contributed by atoms with Gasteiger partial charge in [-0.15, -0.1) is 0 Å². The van der Waals surface area contributed by atoms with E-state index in [0.29, 0.717) is 13.1 Å². The van der Waals surface area contributed by atoms with Crippen LogP contribution in [0.25, 0.3) is 0 Å². The van der Waals surface area contributed by atoms with Gasteiger partial charge in [0.05, 0.1) is 12.0 Å². The number of aliphatic carboxylic acids is 1. The maximum Gasteiger partial charge on any atom is 0.310 e. The van der Waals surface area contributed by atoms with Crippen LogP contribution >= 0.6 is 0 Å².